The normalized spacial score (nSPS) is 17.6. The number of benzene rings is 4. The molecule has 80 heavy (non-hydrogen) atoms. The van der Waals surface area contributed by atoms with Gasteiger partial charge >= 0.3 is 12.1 Å². The first-order valence-corrected chi connectivity index (χ1v) is 30.4. The second-order valence-electron chi connectivity index (χ2n) is 19.6. The van der Waals surface area contributed by atoms with Gasteiger partial charge in [-0.15, -0.1) is 0 Å². The number of hydrogen-bond donors (Lipinski definition) is 6. The minimum absolute atomic E-state index is 0.0188. The third-order valence-corrected chi connectivity index (χ3v) is 18.1. The topological polar surface area (TPSA) is 236 Å². The molecule has 0 radical (unpaired) electrons. The van der Waals surface area contributed by atoms with Gasteiger partial charge in [-0.05, 0) is 101 Å². The summed E-state index contributed by atoms with van der Waals surface area (Å²) < 4.78 is 123. The van der Waals surface area contributed by atoms with Crippen LogP contribution in [0.5, 0.6) is 11.5 Å². The molecule has 4 aromatic rings. The maximum atomic E-state index is 15.6. The van der Waals surface area contributed by atoms with Crippen LogP contribution < -0.4 is 40.2 Å². The number of ether oxygens (including phenoxy) is 6. The maximum Gasteiger partial charge on any atom is 0.314 e. The van der Waals surface area contributed by atoms with Crippen LogP contribution in [0.15, 0.2) is 46.2 Å². The highest BCUT2D eigenvalue weighted by molar-refractivity contribution is 7.89. The van der Waals surface area contributed by atoms with Crippen molar-refractivity contribution in [1.82, 2.24) is 40.5 Å². The number of nitrogens with one attached hydrogen (secondary N) is 6. The molecule has 4 atom stereocenters. The van der Waals surface area contributed by atoms with Gasteiger partial charge in [0.2, 0.25) is 20.0 Å². The molecule has 0 bridgehead atoms. The Labute approximate surface area is 484 Å². The Hall–Kier alpha value is -4.38. The van der Waals surface area contributed by atoms with Crippen molar-refractivity contribution in [3.8, 4) is 33.8 Å². The van der Waals surface area contributed by atoms with Gasteiger partial charge in [-0.3, -0.25) is 0 Å². The average Bonchev–Trinajstić information content (AvgIpc) is 4.13. The molecule has 8 rings (SSSR count). The van der Waals surface area contributed by atoms with Crippen LogP contribution in [0.2, 0.25) is 20.1 Å². The van der Waals surface area contributed by atoms with Gasteiger partial charge in [-0.25, -0.2) is 44.6 Å². The minimum Gasteiger partial charge on any atom is -0.480 e. The Kier molecular flexibility index (Phi) is 21.1. The highest BCUT2D eigenvalue weighted by Gasteiger charge is 2.46. The second kappa shape index (κ2) is 27.3. The van der Waals surface area contributed by atoms with Crippen molar-refractivity contribution < 1.29 is 63.6 Å². The Morgan fingerprint density at radius 1 is 0.525 bits per heavy atom. The van der Waals surface area contributed by atoms with Crippen LogP contribution in [0.1, 0.15) is 47.3 Å². The van der Waals surface area contributed by atoms with Crippen molar-refractivity contribution in [2.75, 3.05) is 120 Å². The number of fused-ring (bicyclic) bond motifs is 4. The molecule has 0 aromatic heterocycles. The van der Waals surface area contributed by atoms with Crippen LogP contribution in [0.25, 0.3) is 22.3 Å². The van der Waals surface area contributed by atoms with E-state index in [1.807, 2.05) is 38.0 Å². The van der Waals surface area contributed by atoms with Gasteiger partial charge in [0.15, 0.2) is 23.1 Å². The summed E-state index contributed by atoms with van der Waals surface area (Å²) in [5.41, 5.74) is 4.62. The fraction of sp³-hybridized carbons (Fsp3) is 0.500. The highest BCUT2D eigenvalue weighted by Crippen LogP contribution is 2.56. The number of amides is 4. The number of carbonyl (C=O) groups is 2. The van der Waals surface area contributed by atoms with Crippen LogP contribution in [-0.2, 0) is 51.8 Å². The van der Waals surface area contributed by atoms with Crippen molar-refractivity contribution in [2.24, 2.45) is 0 Å². The molecule has 0 fully saturated rings. The Bertz CT molecular complexity index is 2960. The molecule has 438 valence electrons. The lowest BCUT2D eigenvalue weighted by atomic mass is 9.92. The Balaban J connectivity index is 0.603. The fourth-order valence-electron chi connectivity index (χ4n) is 10.0. The molecule has 28 heteroatoms. The number of likely N-dealkylation sites (N-methyl/N-ethyl adjacent to an activating group) is 2. The third-order valence-electron chi connectivity index (χ3n) is 13.9. The summed E-state index contributed by atoms with van der Waals surface area (Å²) >= 11 is 26.4. The zero-order chi connectivity index (χ0) is 57.5. The largest absolute Gasteiger partial charge is 0.480 e. The molecule has 0 spiro atoms. The first-order chi connectivity index (χ1) is 38.2. The molecule has 4 amide bonds. The molecule has 2 aliphatic heterocycles. The maximum absolute atomic E-state index is 15.6. The molecule has 2 heterocycles. The number of sulfonamides is 2. The summed E-state index contributed by atoms with van der Waals surface area (Å²) in [4.78, 5) is 27.6. The third kappa shape index (κ3) is 14.3. The number of urea groups is 2. The lowest BCUT2D eigenvalue weighted by Crippen LogP contribution is -2.39. The van der Waals surface area contributed by atoms with Crippen molar-refractivity contribution in [2.45, 2.75) is 59.8 Å². The molecule has 2 aliphatic carbocycles. The van der Waals surface area contributed by atoms with Gasteiger partial charge in [0.25, 0.3) is 0 Å². The van der Waals surface area contributed by atoms with Crippen LogP contribution in [0, 0.1) is 11.6 Å². The van der Waals surface area contributed by atoms with Crippen LogP contribution >= 0.6 is 46.4 Å². The smallest absolute Gasteiger partial charge is 0.314 e. The molecule has 6 N–H and O–H groups in total. The van der Waals surface area contributed by atoms with Crippen LogP contribution in [-0.4, -0.2) is 171 Å². The monoisotopic (exact) mass is 1230 g/mol. The summed E-state index contributed by atoms with van der Waals surface area (Å²) in [6.07, 6.45) is 1.29. The van der Waals surface area contributed by atoms with Gasteiger partial charge in [-0.1, -0.05) is 46.4 Å². The van der Waals surface area contributed by atoms with Gasteiger partial charge in [0.1, 0.15) is 12.2 Å². The average molecular weight is 1240 g/mol. The molecule has 4 aromatic carbocycles. The Morgan fingerprint density at radius 2 is 0.875 bits per heavy atom. The zero-order valence-corrected chi connectivity index (χ0v) is 49.0. The van der Waals surface area contributed by atoms with E-state index in [2.05, 4.69) is 30.7 Å². The number of nitrogens with zero attached hydrogens (tertiary/aromatic N) is 2. The van der Waals surface area contributed by atoms with E-state index in [9.17, 15) is 26.4 Å². The quantitative estimate of drug-likeness (QED) is 0.0321. The summed E-state index contributed by atoms with van der Waals surface area (Å²) in [5.74, 6) is -1.80. The molecule has 0 saturated carbocycles. The predicted molar refractivity (Wildman–Crippen MR) is 298 cm³/mol. The summed E-state index contributed by atoms with van der Waals surface area (Å²) in [7, 11) is -0.720. The van der Waals surface area contributed by atoms with E-state index in [0.717, 1.165) is 34.4 Å². The van der Waals surface area contributed by atoms with E-state index in [4.69, 9.17) is 74.8 Å². The second-order valence-corrected chi connectivity index (χ2v) is 24.8. The number of halogens is 6. The van der Waals surface area contributed by atoms with E-state index in [0.29, 0.717) is 59.9 Å². The number of hydrogen-bond acceptors (Lipinski definition) is 14. The van der Waals surface area contributed by atoms with E-state index < -0.39 is 43.9 Å². The number of rotatable bonds is 29. The minimum atomic E-state index is -4.15. The van der Waals surface area contributed by atoms with Gasteiger partial charge < -0.3 is 59.5 Å². The van der Waals surface area contributed by atoms with E-state index in [1.165, 1.54) is 12.1 Å². The SMILES string of the molecule is CN(C)[C@H]1Cc2c(Cl)cc(Cl)c3c2[C@@H]1Oc1c(F)cc(S(=O)(=O)NCCOCCOCCNC(=O)NCCCCNC(=O)NCCOCCOCCNS(=O)(=O)c2cc(F)c4c(c2)-c2c(Cl)cc(Cl)c5c2[C@H](O4)[C@@H](N(C)C)C5)cc1-3. The fourth-order valence-corrected chi connectivity index (χ4v) is 13.4. The Morgan fingerprint density at radius 3 is 1.24 bits per heavy atom. The highest BCUT2D eigenvalue weighted by atomic mass is 35.5. The van der Waals surface area contributed by atoms with E-state index in [1.54, 1.807) is 12.1 Å². The van der Waals surface area contributed by atoms with Gasteiger partial charge in [0.05, 0.1) is 84.8 Å². The molecule has 0 unspecified atom stereocenters. The summed E-state index contributed by atoms with van der Waals surface area (Å²) in [5, 5.41) is 12.3. The lowest BCUT2D eigenvalue weighted by Gasteiger charge is -2.33. The molecule has 4 aliphatic rings. The first-order valence-electron chi connectivity index (χ1n) is 25.9. The lowest BCUT2D eigenvalue weighted by molar-refractivity contribution is 0.0516. The molecule has 20 nitrogen and oxygen atoms in total. The predicted octanol–water partition coefficient (Wildman–Crippen LogP) is 6.45. The number of unbranched alkanes of at least 4 members (excludes halogenated alkanes) is 1. The first kappa shape index (κ1) is 61.7. The summed E-state index contributed by atoms with van der Waals surface area (Å²) in [6.45, 7) is 2.22. The van der Waals surface area contributed by atoms with Crippen molar-refractivity contribution >= 4 is 78.5 Å². The van der Waals surface area contributed by atoms with Crippen molar-refractivity contribution in [3.63, 3.8) is 0 Å². The molecule has 0 saturated heterocycles. The van der Waals surface area contributed by atoms with Gasteiger partial charge in [-0.2, -0.15) is 0 Å². The summed E-state index contributed by atoms with van der Waals surface area (Å²) in [6, 6.07) is 6.74. The van der Waals surface area contributed by atoms with Crippen LogP contribution in [0.3, 0.4) is 0 Å². The van der Waals surface area contributed by atoms with Gasteiger partial charge in [0, 0.05) is 82.7 Å². The molecular formula is C52H64Cl4F2N8O12S2. The zero-order valence-electron chi connectivity index (χ0n) is 44.4. The van der Waals surface area contributed by atoms with E-state index >= 15 is 8.78 Å². The number of carbonyl (C=O) groups excluding carboxylic acids is 2. The van der Waals surface area contributed by atoms with Crippen LogP contribution in [0.4, 0.5) is 18.4 Å². The van der Waals surface area contributed by atoms with E-state index in [-0.39, 0.29) is 146 Å². The molecular weight excluding hydrogens is 1170 g/mol. The van der Waals surface area contributed by atoms with Crippen molar-refractivity contribution in [3.05, 3.63) is 90.4 Å². The van der Waals surface area contributed by atoms with Crippen molar-refractivity contribution in [1.29, 1.82) is 0 Å². The standard InChI is InChI=1S/C52H64Cl4F2N8O12S2/c1-65(2)41-25-31-35(53)27-37(55)43-33-21-29(23-39(57)47(33)77-49(41)45(31)43)79(69,70)63-11-15-75-19-17-73-13-9-61-51(67)59-7-5-6-8-60-52(68)62-10-14-74-18-20-76-16-12-64-80(71,72)30-22-34-44-38(56)28-36(54)32-26-42(66(3)4)50(46(32)44)78-48(34)40(58)24-30/h21-24,27-28,41-42,49-50,63-64H,5-20,25-26H2,1-4H3,(H2,59,61,67)(H2,60,62,68)/t41-,42-,49+,50+/m0/s1.